The Morgan fingerprint density at radius 2 is 1.95 bits per heavy atom. The normalized spacial score (nSPS) is 16.4. The first-order valence-electron chi connectivity index (χ1n) is 7.19. The maximum atomic E-state index is 11.4. The van der Waals surface area contributed by atoms with Gasteiger partial charge in [0.15, 0.2) is 0 Å². The molecule has 0 amide bonds. The fourth-order valence-electron chi connectivity index (χ4n) is 2.34. The fourth-order valence-corrected chi connectivity index (χ4v) is 2.92. The van der Waals surface area contributed by atoms with E-state index < -0.39 is 16.1 Å². The van der Waals surface area contributed by atoms with Gasteiger partial charge in [-0.05, 0) is 19.9 Å². The third-order valence-electron chi connectivity index (χ3n) is 3.50. The molecule has 0 aromatic heterocycles. The molecular weight excluding hydrogens is 302 g/mol. The van der Waals surface area contributed by atoms with Gasteiger partial charge in [0.1, 0.15) is 0 Å². The van der Waals surface area contributed by atoms with Crippen molar-refractivity contribution in [3.05, 3.63) is 42.2 Å². The fraction of sp³-hybridized carbons (Fsp3) is 0.467. The van der Waals surface area contributed by atoms with Crippen LogP contribution in [0, 0.1) is 0 Å². The molecule has 1 aliphatic heterocycles. The van der Waals surface area contributed by atoms with E-state index >= 15 is 0 Å². The molecule has 1 aromatic carbocycles. The Bertz CT molecular complexity index is 643. The molecule has 22 heavy (non-hydrogen) atoms. The molecule has 2 N–H and O–H groups in total. The number of hydrogen-bond acceptors (Lipinski definition) is 5. The Hall–Kier alpha value is -1.73. The van der Waals surface area contributed by atoms with Crippen molar-refractivity contribution in [2.24, 2.45) is 0 Å². The van der Waals surface area contributed by atoms with Crippen LogP contribution in [0.4, 0.5) is 5.69 Å². The lowest BCUT2D eigenvalue weighted by Gasteiger charge is -2.26. The van der Waals surface area contributed by atoms with Gasteiger partial charge in [-0.25, -0.2) is 8.42 Å². The summed E-state index contributed by atoms with van der Waals surface area (Å²) in [4.78, 5) is 4.16. The van der Waals surface area contributed by atoms with Gasteiger partial charge in [-0.15, -0.1) is 0 Å². The largest absolute Gasteiger partial charge is 0.386 e. The van der Waals surface area contributed by atoms with Crippen molar-refractivity contribution in [1.29, 1.82) is 0 Å². The first kappa shape index (κ1) is 16.6. The van der Waals surface area contributed by atoms with Gasteiger partial charge >= 0.3 is 0 Å². The molecular formula is C15H23N3O3S. The highest BCUT2D eigenvalue weighted by Gasteiger charge is 2.20. The number of sulfonamides is 1. The summed E-state index contributed by atoms with van der Waals surface area (Å²) >= 11 is 0. The highest BCUT2D eigenvalue weighted by atomic mass is 32.2. The molecule has 1 heterocycles. The van der Waals surface area contributed by atoms with Crippen molar-refractivity contribution in [3.63, 3.8) is 0 Å². The van der Waals surface area contributed by atoms with E-state index in [9.17, 15) is 13.5 Å². The average molecular weight is 325 g/mol. The van der Waals surface area contributed by atoms with Gasteiger partial charge in [0.05, 0.1) is 24.7 Å². The Morgan fingerprint density at radius 3 is 2.55 bits per heavy atom. The van der Waals surface area contributed by atoms with E-state index in [-0.39, 0.29) is 0 Å². The number of benzene rings is 1. The smallest absolute Gasteiger partial charge is 0.229 e. The molecule has 0 bridgehead atoms. The summed E-state index contributed by atoms with van der Waals surface area (Å²) < 4.78 is 25.3. The van der Waals surface area contributed by atoms with Gasteiger partial charge in [0, 0.05) is 30.5 Å². The zero-order valence-corrected chi connectivity index (χ0v) is 13.9. The molecule has 2 rings (SSSR count). The van der Waals surface area contributed by atoms with Crippen LogP contribution in [0.5, 0.6) is 0 Å². The molecule has 0 aliphatic carbocycles. The SMILES string of the molecule is CC(C)N1C=CN(CC(O)c2ccccc2NS(C)(=O)=O)C1. The minimum atomic E-state index is -3.38. The van der Waals surface area contributed by atoms with E-state index in [2.05, 4.69) is 23.5 Å². The van der Waals surface area contributed by atoms with Crippen LogP contribution in [0.2, 0.25) is 0 Å². The van der Waals surface area contributed by atoms with E-state index in [0.29, 0.717) is 23.8 Å². The second-order valence-electron chi connectivity index (χ2n) is 5.80. The molecule has 0 spiro atoms. The second kappa shape index (κ2) is 6.58. The van der Waals surface area contributed by atoms with Crippen LogP contribution in [0.25, 0.3) is 0 Å². The van der Waals surface area contributed by atoms with E-state index in [1.54, 1.807) is 24.3 Å². The molecule has 7 heteroatoms. The van der Waals surface area contributed by atoms with Crippen molar-refractivity contribution in [1.82, 2.24) is 9.80 Å². The molecule has 1 aromatic rings. The van der Waals surface area contributed by atoms with Crippen LogP contribution in [0.1, 0.15) is 25.5 Å². The quantitative estimate of drug-likeness (QED) is 0.830. The molecule has 1 aliphatic rings. The minimum Gasteiger partial charge on any atom is -0.386 e. The summed E-state index contributed by atoms with van der Waals surface area (Å²) in [7, 11) is -3.38. The van der Waals surface area contributed by atoms with Gasteiger partial charge in [-0.1, -0.05) is 18.2 Å². The van der Waals surface area contributed by atoms with Crippen molar-refractivity contribution in [2.75, 3.05) is 24.2 Å². The summed E-state index contributed by atoms with van der Waals surface area (Å²) in [5, 5.41) is 10.5. The number of hydrogen-bond donors (Lipinski definition) is 2. The zero-order chi connectivity index (χ0) is 16.3. The number of aliphatic hydroxyl groups is 1. The Morgan fingerprint density at radius 1 is 1.27 bits per heavy atom. The van der Waals surface area contributed by atoms with Gasteiger partial charge < -0.3 is 14.9 Å². The average Bonchev–Trinajstić information content (AvgIpc) is 2.86. The van der Waals surface area contributed by atoms with Crippen molar-refractivity contribution in [2.45, 2.75) is 26.0 Å². The standard InChI is InChI=1S/C15H23N3O3S/c1-12(2)18-9-8-17(11-18)10-15(19)13-6-4-5-7-14(13)16-22(3,20)21/h4-9,12,15-16,19H,10-11H2,1-3H3. The van der Waals surface area contributed by atoms with Crippen LogP contribution < -0.4 is 4.72 Å². The van der Waals surface area contributed by atoms with E-state index in [1.165, 1.54) is 0 Å². The third-order valence-corrected chi connectivity index (χ3v) is 4.09. The Kier molecular flexibility index (Phi) is 4.97. The van der Waals surface area contributed by atoms with E-state index in [1.807, 2.05) is 17.3 Å². The number of anilines is 1. The van der Waals surface area contributed by atoms with Crippen LogP contribution in [-0.2, 0) is 10.0 Å². The predicted octanol–water partition coefficient (Wildman–Crippen LogP) is 1.55. The maximum absolute atomic E-state index is 11.4. The first-order chi connectivity index (χ1) is 10.3. The van der Waals surface area contributed by atoms with Crippen LogP contribution >= 0.6 is 0 Å². The van der Waals surface area contributed by atoms with E-state index in [4.69, 9.17) is 0 Å². The summed E-state index contributed by atoms with van der Waals surface area (Å²) in [6, 6.07) is 7.31. The highest BCUT2D eigenvalue weighted by Crippen LogP contribution is 2.25. The van der Waals surface area contributed by atoms with Crippen molar-refractivity contribution in [3.8, 4) is 0 Å². The number of β-amino-alcohol motifs (C(OH)–C–C–N with tert-alkyl or cyclic N) is 1. The van der Waals surface area contributed by atoms with Crippen molar-refractivity contribution >= 4 is 15.7 Å². The lowest BCUT2D eigenvalue weighted by Crippen LogP contribution is -2.32. The number of nitrogens with one attached hydrogen (secondary N) is 1. The lowest BCUT2D eigenvalue weighted by atomic mass is 10.1. The summed E-state index contributed by atoms with van der Waals surface area (Å²) in [6.07, 6.45) is 4.26. The Balaban J connectivity index is 2.08. The molecule has 1 atom stereocenters. The lowest BCUT2D eigenvalue weighted by molar-refractivity contribution is 0.120. The molecule has 122 valence electrons. The van der Waals surface area contributed by atoms with Crippen LogP contribution in [-0.4, -0.2) is 48.8 Å². The zero-order valence-electron chi connectivity index (χ0n) is 13.1. The number of nitrogens with zero attached hydrogens (tertiary/aromatic N) is 2. The molecule has 6 nitrogen and oxygen atoms in total. The second-order valence-corrected chi connectivity index (χ2v) is 7.54. The van der Waals surface area contributed by atoms with E-state index in [0.717, 1.165) is 12.9 Å². The topological polar surface area (TPSA) is 72.9 Å². The van der Waals surface area contributed by atoms with Crippen LogP contribution in [0.3, 0.4) is 0 Å². The van der Waals surface area contributed by atoms with Crippen molar-refractivity contribution < 1.29 is 13.5 Å². The Labute approximate surface area is 132 Å². The number of aliphatic hydroxyl groups excluding tert-OH is 1. The molecule has 0 saturated carbocycles. The first-order valence-corrected chi connectivity index (χ1v) is 9.08. The molecule has 0 fully saturated rings. The van der Waals surface area contributed by atoms with Gasteiger partial charge in [-0.3, -0.25) is 4.72 Å². The monoisotopic (exact) mass is 325 g/mol. The molecule has 0 radical (unpaired) electrons. The maximum Gasteiger partial charge on any atom is 0.229 e. The molecule has 1 unspecified atom stereocenters. The third kappa shape index (κ3) is 4.38. The van der Waals surface area contributed by atoms with Gasteiger partial charge in [0.2, 0.25) is 10.0 Å². The highest BCUT2D eigenvalue weighted by molar-refractivity contribution is 7.92. The summed E-state index contributed by atoms with van der Waals surface area (Å²) in [6.45, 7) is 5.34. The minimum absolute atomic E-state index is 0.401. The number of rotatable bonds is 6. The number of para-hydroxylation sites is 1. The van der Waals surface area contributed by atoms with Gasteiger partial charge in [-0.2, -0.15) is 0 Å². The summed E-state index contributed by atoms with van der Waals surface area (Å²) in [5.41, 5.74) is 0.991. The van der Waals surface area contributed by atoms with Gasteiger partial charge in [0.25, 0.3) is 0 Å². The van der Waals surface area contributed by atoms with Crippen LogP contribution in [0.15, 0.2) is 36.7 Å². The molecule has 0 saturated heterocycles. The summed E-state index contributed by atoms with van der Waals surface area (Å²) in [5.74, 6) is 0. The predicted molar refractivity (Wildman–Crippen MR) is 87.6 cm³/mol.